The molecule has 0 atom stereocenters. The van der Waals surface area contributed by atoms with Crippen LogP contribution in [0.15, 0.2) is 35.1 Å². The smallest absolute Gasteiger partial charge is 0.198 e. The lowest BCUT2D eigenvalue weighted by Crippen LogP contribution is -1.80. The van der Waals surface area contributed by atoms with E-state index in [9.17, 15) is 0 Å². The molecule has 0 N–H and O–H groups in total. The minimum absolute atomic E-state index is 0.739. The van der Waals surface area contributed by atoms with E-state index in [0.717, 1.165) is 11.5 Å². The van der Waals surface area contributed by atoms with Gasteiger partial charge < -0.3 is 4.42 Å². The Morgan fingerprint density at radius 3 is 3.00 bits per heavy atom. The van der Waals surface area contributed by atoms with Gasteiger partial charge in [-0.1, -0.05) is 0 Å². The minimum Gasteiger partial charge on any atom is -0.463 e. The lowest BCUT2D eigenvalue weighted by molar-refractivity contribution is 0.579. The van der Waals surface area contributed by atoms with Gasteiger partial charge in [0.2, 0.25) is 0 Å². The van der Waals surface area contributed by atoms with Crippen LogP contribution in [0, 0.1) is 6.33 Å². The standard InChI is InChI=1S/C8H5N2O/c1-2-8(11-5-1)7-3-4-9-6-10-7/h1-5H. The molecule has 2 aromatic heterocycles. The highest BCUT2D eigenvalue weighted by molar-refractivity contribution is 5.49. The number of hydrogen-bond donors (Lipinski definition) is 0. The lowest BCUT2D eigenvalue weighted by Gasteiger charge is -1.90. The summed E-state index contributed by atoms with van der Waals surface area (Å²) in [7, 11) is 0. The third-order valence-electron chi connectivity index (χ3n) is 1.31. The fourth-order valence-electron chi connectivity index (χ4n) is 0.823. The van der Waals surface area contributed by atoms with Crippen LogP contribution in [-0.4, -0.2) is 9.97 Å². The van der Waals surface area contributed by atoms with Gasteiger partial charge >= 0.3 is 0 Å². The van der Waals surface area contributed by atoms with Crippen molar-refractivity contribution in [2.45, 2.75) is 0 Å². The first kappa shape index (κ1) is 6.09. The van der Waals surface area contributed by atoms with E-state index in [0.29, 0.717) is 0 Å². The van der Waals surface area contributed by atoms with Crippen molar-refractivity contribution in [1.82, 2.24) is 9.97 Å². The second kappa shape index (κ2) is 2.54. The zero-order valence-electron chi connectivity index (χ0n) is 5.69. The molecule has 0 fully saturated rings. The summed E-state index contributed by atoms with van der Waals surface area (Å²) in [5, 5.41) is 0. The molecule has 0 aliphatic rings. The van der Waals surface area contributed by atoms with Crippen molar-refractivity contribution in [3.8, 4) is 11.5 Å². The van der Waals surface area contributed by atoms with Crippen LogP contribution in [0.5, 0.6) is 0 Å². The van der Waals surface area contributed by atoms with Crippen molar-refractivity contribution in [1.29, 1.82) is 0 Å². The number of nitrogens with zero attached hydrogens (tertiary/aromatic N) is 2. The van der Waals surface area contributed by atoms with Crippen molar-refractivity contribution in [2.75, 3.05) is 0 Å². The van der Waals surface area contributed by atoms with Crippen LogP contribution >= 0.6 is 0 Å². The Kier molecular flexibility index (Phi) is 1.41. The van der Waals surface area contributed by atoms with Crippen LogP contribution < -0.4 is 0 Å². The average molecular weight is 145 g/mol. The number of hydrogen-bond acceptors (Lipinski definition) is 3. The Labute approximate surface area is 63.7 Å². The van der Waals surface area contributed by atoms with E-state index in [-0.39, 0.29) is 0 Å². The minimum atomic E-state index is 0.739. The van der Waals surface area contributed by atoms with Crippen molar-refractivity contribution >= 4 is 0 Å². The first-order valence-corrected chi connectivity index (χ1v) is 3.20. The number of furan rings is 1. The van der Waals surface area contributed by atoms with Gasteiger partial charge in [0.25, 0.3) is 0 Å². The van der Waals surface area contributed by atoms with Gasteiger partial charge in [0.05, 0.1) is 6.26 Å². The van der Waals surface area contributed by atoms with Crippen molar-refractivity contribution in [3.05, 3.63) is 37.0 Å². The van der Waals surface area contributed by atoms with Gasteiger partial charge in [-0.05, 0) is 18.2 Å². The molecule has 0 saturated carbocycles. The summed E-state index contributed by atoms with van der Waals surface area (Å²) < 4.78 is 5.11. The maximum Gasteiger partial charge on any atom is 0.198 e. The molecule has 2 heterocycles. The average Bonchev–Trinajstić information content (AvgIpc) is 2.58. The zero-order chi connectivity index (χ0) is 7.52. The monoisotopic (exact) mass is 145 g/mol. The summed E-state index contributed by atoms with van der Waals surface area (Å²) in [6.07, 6.45) is 5.73. The molecule has 0 aliphatic carbocycles. The van der Waals surface area contributed by atoms with Crippen molar-refractivity contribution in [2.24, 2.45) is 0 Å². The molecule has 1 radical (unpaired) electrons. The third-order valence-corrected chi connectivity index (χ3v) is 1.31. The summed E-state index contributed by atoms with van der Waals surface area (Å²) >= 11 is 0. The Morgan fingerprint density at radius 2 is 2.36 bits per heavy atom. The summed E-state index contributed by atoms with van der Waals surface area (Å²) in [6, 6.07) is 5.43. The molecule has 0 unspecified atom stereocenters. The Hall–Kier alpha value is -1.64. The molecule has 11 heavy (non-hydrogen) atoms. The lowest BCUT2D eigenvalue weighted by atomic mass is 10.3. The van der Waals surface area contributed by atoms with Gasteiger partial charge in [0.1, 0.15) is 5.69 Å². The van der Waals surface area contributed by atoms with Crippen molar-refractivity contribution < 1.29 is 4.42 Å². The van der Waals surface area contributed by atoms with E-state index in [2.05, 4.69) is 16.3 Å². The first-order valence-electron chi connectivity index (χ1n) is 3.20. The predicted molar refractivity (Wildman–Crippen MR) is 38.6 cm³/mol. The van der Waals surface area contributed by atoms with E-state index < -0.39 is 0 Å². The Bertz CT molecular complexity index is 315. The molecule has 53 valence electrons. The molecule has 0 bridgehead atoms. The molecule has 0 saturated heterocycles. The van der Waals surface area contributed by atoms with Gasteiger partial charge in [-0.15, -0.1) is 0 Å². The van der Waals surface area contributed by atoms with Crippen LogP contribution in [0.4, 0.5) is 0 Å². The van der Waals surface area contributed by atoms with E-state index >= 15 is 0 Å². The Morgan fingerprint density at radius 1 is 1.36 bits per heavy atom. The van der Waals surface area contributed by atoms with Crippen LogP contribution in [-0.2, 0) is 0 Å². The molecule has 2 rings (SSSR count). The number of aromatic nitrogens is 2. The van der Waals surface area contributed by atoms with Gasteiger partial charge in [-0.2, -0.15) is 0 Å². The van der Waals surface area contributed by atoms with E-state index in [1.165, 1.54) is 0 Å². The Balaban J connectivity index is 2.46. The van der Waals surface area contributed by atoms with E-state index in [1.807, 2.05) is 12.1 Å². The highest BCUT2D eigenvalue weighted by atomic mass is 16.3. The molecular weight excluding hydrogens is 140 g/mol. The second-order valence-electron chi connectivity index (χ2n) is 2.02. The van der Waals surface area contributed by atoms with Gasteiger partial charge in [-0.3, -0.25) is 0 Å². The van der Waals surface area contributed by atoms with E-state index in [4.69, 9.17) is 4.42 Å². The molecule has 0 spiro atoms. The fraction of sp³-hybridized carbons (Fsp3) is 0. The molecule has 3 heteroatoms. The van der Waals surface area contributed by atoms with Crippen LogP contribution in [0.3, 0.4) is 0 Å². The van der Waals surface area contributed by atoms with Gasteiger partial charge in [0.15, 0.2) is 12.1 Å². The summed E-state index contributed by atoms with van der Waals surface area (Å²) in [5.74, 6) is 0.739. The summed E-state index contributed by atoms with van der Waals surface area (Å²) in [5.41, 5.74) is 0.755. The highest BCUT2D eigenvalue weighted by Crippen LogP contribution is 2.14. The maximum absolute atomic E-state index is 5.11. The highest BCUT2D eigenvalue weighted by Gasteiger charge is 1.98. The van der Waals surface area contributed by atoms with Gasteiger partial charge in [0, 0.05) is 6.20 Å². The molecule has 0 aliphatic heterocycles. The quantitative estimate of drug-likeness (QED) is 0.610. The summed E-state index contributed by atoms with van der Waals surface area (Å²) in [4.78, 5) is 7.57. The van der Waals surface area contributed by atoms with E-state index in [1.54, 1.807) is 18.5 Å². The SMILES string of the molecule is [c]1nccc(-c2ccco2)n1. The van der Waals surface area contributed by atoms with Crippen LogP contribution in [0.2, 0.25) is 0 Å². The zero-order valence-corrected chi connectivity index (χ0v) is 5.69. The second-order valence-corrected chi connectivity index (χ2v) is 2.02. The summed E-state index contributed by atoms with van der Waals surface area (Å²) in [6.45, 7) is 0. The van der Waals surface area contributed by atoms with Gasteiger partial charge in [-0.25, -0.2) is 9.97 Å². The molecule has 3 nitrogen and oxygen atoms in total. The third kappa shape index (κ3) is 1.12. The number of rotatable bonds is 1. The normalized spacial score (nSPS) is 9.82. The topological polar surface area (TPSA) is 38.9 Å². The molecule has 2 aromatic rings. The molecule has 0 aromatic carbocycles. The molecular formula is C8H5N2O. The molecule has 0 amide bonds. The predicted octanol–water partition coefficient (Wildman–Crippen LogP) is 1.54. The first-order chi connectivity index (χ1) is 5.47. The van der Waals surface area contributed by atoms with Crippen LogP contribution in [0.25, 0.3) is 11.5 Å². The maximum atomic E-state index is 5.11. The fourth-order valence-corrected chi connectivity index (χ4v) is 0.823. The van der Waals surface area contributed by atoms with Crippen molar-refractivity contribution in [3.63, 3.8) is 0 Å². The largest absolute Gasteiger partial charge is 0.463 e. The van der Waals surface area contributed by atoms with Crippen LogP contribution in [0.1, 0.15) is 0 Å².